The molecule has 2 atom stereocenters. The first-order chi connectivity index (χ1) is 8.08. The van der Waals surface area contributed by atoms with Gasteiger partial charge in [0, 0.05) is 6.42 Å². The van der Waals surface area contributed by atoms with E-state index in [4.69, 9.17) is 9.47 Å². The monoisotopic (exact) mass is 233 g/mol. The first-order valence-corrected chi connectivity index (χ1v) is 5.84. The summed E-state index contributed by atoms with van der Waals surface area (Å²) >= 11 is 0. The average molecular weight is 233 g/mol. The van der Waals surface area contributed by atoms with Gasteiger partial charge >= 0.3 is 0 Å². The smallest absolute Gasteiger partial charge is 0.265 e. The quantitative estimate of drug-likeness (QED) is 0.807. The molecule has 2 heterocycles. The SMILES string of the molecule is CC1Oc2ccc(C3(C)CCO3)cc2NC1=O. The molecular formula is C13H15NO3. The molecule has 0 aromatic heterocycles. The van der Waals surface area contributed by atoms with Crippen LogP contribution in [0.5, 0.6) is 5.75 Å². The van der Waals surface area contributed by atoms with Gasteiger partial charge < -0.3 is 14.8 Å². The molecule has 4 nitrogen and oxygen atoms in total. The third-order valence-electron chi connectivity index (χ3n) is 3.52. The van der Waals surface area contributed by atoms with E-state index in [2.05, 4.69) is 12.2 Å². The highest BCUT2D eigenvalue weighted by atomic mass is 16.5. The van der Waals surface area contributed by atoms with Crippen LogP contribution < -0.4 is 10.1 Å². The summed E-state index contributed by atoms with van der Waals surface area (Å²) < 4.78 is 11.1. The number of ether oxygens (including phenoxy) is 2. The van der Waals surface area contributed by atoms with Gasteiger partial charge in [-0.3, -0.25) is 4.79 Å². The second kappa shape index (κ2) is 3.47. The van der Waals surface area contributed by atoms with E-state index in [9.17, 15) is 4.79 Å². The Hall–Kier alpha value is -1.55. The van der Waals surface area contributed by atoms with Crippen molar-refractivity contribution in [2.75, 3.05) is 11.9 Å². The summed E-state index contributed by atoms with van der Waals surface area (Å²) in [6.45, 7) is 4.60. The van der Waals surface area contributed by atoms with Gasteiger partial charge in [-0.15, -0.1) is 0 Å². The van der Waals surface area contributed by atoms with Gasteiger partial charge in [0.1, 0.15) is 5.75 Å². The summed E-state index contributed by atoms with van der Waals surface area (Å²) in [7, 11) is 0. The Morgan fingerprint density at radius 1 is 1.47 bits per heavy atom. The highest BCUT2D eigenvalue weighted by Gasteiger charge is 2.36. The van der Waals surface area contributed by atoms with Gasteiger partial charge in [-0.1, -0.05) is 6.07 Å². The van der Waals surface area contributed by atoms with Crippen molar-refractivity contribution in [1.82, 2.24) is 0 Å². The molecule has 90 valence electrons. The Kier molecular flexibility index (Phi) is 2.16. The van der Waals surface area contributed by atoms with Gasteiger partial charge in [-0.05, 0) is 31.5 Å². The largest absolute Gasteiger partial charge is 0.479 e. The average Bonchev–Trinajstić information content (AvgIpc) is 2.27. The van der Waals surface area contributed by atoms with E-state index in [-0.39, 0.29) is 11.5 Å². The predicted molar refractivity (Wildman–Crippen MR) is 63.1 cm³/mol. The van der Waals surface area contributed by atoms with E-state index in [1.54, 1.807) is 6.92 Å². The molecule has 0 radical (unpaired) electrons. The number of hydrogen-bond acceptors (Lipinski definition) is 3. The van der Waals surface area contributed by atoms with E-state index in [1.165, 1.54) is 0 Å². The molecule has 0 saturated carbocycles. The number of fused-ring (bicyclic) bond motifs is 1. The maximum atomic E-state index is 11.5. The van der Waals surface area contributed by atoms with E-state index >= 15 is 0 Å². The molecule has 3 rings (SSSR count). The van der Waals surface area contributed by atoms with Crippen molar-refractivity contribution in [3.8, 4) is 5.75 Å². The Bertz CT molecular complexity index is 480. The molecule has 4 heteroatoms. The number of anilines is 1. The Morgan fingerprint density at radius 3 is 2.88 bits per heavy atom. The van der Waals surface area contributed by atoms with Crippen LogP contribution in [0.2, 0.25) is 0 Å². The van der Waals surface area contributed by atoms with Crippen molar-refractivity contribution in [1.29, 1.82) is 0 Å². The van der Waals surface area contributed by atoms with Crippen LogP contribution in [-0.4, -0.2) is 18.6 Å². The zero-order valence-electron chi connectivity index (χ0n) is 9.95. The summed E-state index contributed by atoms with van der Waals surface area (Å²) in [5.74, 6) is 0.623. The first-order valence-electron chi connectivity index (χ1n) is 5.84. The summed E-state index contributed by atoms with van der Waals surface area (Å²) in [6.07, 6.45) is 0.584. The Labute approximate surface area is 99.9 Å². The van der Waals surface area contributed by atoms with Crippen molar-refractivity contribution in [3.63, 3.8) is 0 Å². The Morgan fingerprint density at radius 2 is 2.24 bits per heavy atom. The summed E-state index contributed by atoms with van der Waals surface area (Å²) in [5.41, 5.74) is 1.62. The fraction of sp³-hybridized carbons (Fsp3) is 0.462. The molecule has 2 unspecified atom stereocenters. The van der Waals surface area contributed by atoms with Gasteiger partial charge in [0.25, 0.3) is 5.91 Å². The van der Waals surface area contributed by atoms with Gasteiger partial charge in [-0.2, -0.15) is 0 Å². The van der Waals surface area contributed by atoms with Gasteiger partial charge in [0.05, 0.1) is 17.9 Å². The zero-order chi connectivity index (χ0) is 12.0. The van der Waals surface area contributed by atoms with Crippen LogP contribution in [0.4, 0.5) is 5.69 Å². The molecule has 1 aromatic carbocycles. The summed E-state index contributed by atoms with van der Waals surface area (Å²) in [6, 6.07) is 5.84. The normalized spacial score (nSPS) is 30.9. The predicted octanol–water partition coefficient (Wildman–Crippen LogP) is 2.04. The molecule has 1 amide bonds. The standard InChI is InChI=1S/C13H15NO3/c1-8-12(15)14-10-7-9(3-4-11(10)17-8)13(2)5-6-16-13/h3-4,7-8H,5-6H2,1-2H3,(H,14,15). The number of rotatable bonds is 1. The highest BCUT2D eigenvalue weighted by Crippen LogP contribution is 2.40. The maximum absolute atomic E-state index is 11.5. The minimum absolute atomic E-state index is 0.102. The molecule has 17 heavy (non-hydrogen) atoms. The fourth-order valence-corrected chi connectivity index (χ4v) is 2.17. The van der Waals surface area contributed by atoms with Crippen LogP contribution in [0, 0.1) is 0 Å². The third kappa shape index (κ3) is 1.60. The van der Waals surface area contributed by atoms with Crippen molar-refractivity contribution < 1.29 is 14.3 Å². The van der Waals surface area contributed by atoms with Crippen molar-refractivity contribution in [3.05, 3.63) is 23.8 Å². The molecular weight excluding hydrogens is 218 g/mol. The van der Waals surface area contributed by atoms with Crippen LogP contribution in [0.3, 0.4) is 0 Å². The van der Waals surface area contributed by atoms with Crippen LogP contribution in [0.1, 0.15) is 25.8 Å². The van der Waals surface area contributed by atoms with Gasteiger partial charge in [-0.25, -0.2) is 0 Å². The lowest BCUT2D eigenvalue weighted by molar-refractivity contribution is -0.140. The van der Waals surface area contributed by atoms with Crippen molar-refractivity contribution in [2.24, 2.45) is 0 Å². The van der Waals surface area contributed by atoms with Gasteiger partial charge in [0.15, 0.2) is 6.10 Å². The second-order valence-corrected chi connectivity index (χ2v) is 4.79. The van der Waals surface area contributed by atoms with Crippen LogP contribution in [-0.2, 0) is 15.1 Å². The number of carbonyl (C=O) groups is 1. The lowest BCUT2D eigenvalue weighted by Crippen LogP contribution is -2.38. The van der Waals surface area contributed by atoms with Crippen molar-refractivity contribution in [2.45, 2.75) is 32.0 Å². The van der Waals surface area contributed by atoms with Gasteiger partial charge in [0.2, 0.25) is 0 Å². The molecule has 2 aliphatic rings. The molecule has 0 aliphatic carbocycles. The third-order valence-corrected chi connectivity index (χ3v) is 3.52. The first kappa shape index (κ1) is 10.6. The van der Waals surface area contributed by atoms with Crippen molar-refractivity contribution >= 4 is 11.6 Å². The second-order valence-electron chi connectivity index (χ2n) is 4.79. The minimum atomic E-state index is -0.427. The highest BCUT2D eigenvalue weighted by molar-refractivity contribution is 5.97. The molecule has 1 aromatic rings. The van der Waals surface area contributed by atoms with E-state index < -0.39 is 6.10 Å². The minimum Gasteiger partial charge on any atom is -0.479 e. The van der Waals surface area contributed by atoms with Crippen LogP contribution in [0.25, 0.3) is 0 Å². The molecule has 0 bridgehead atoms. The number of hydrogen-bond donors (Lipinski definition) is 1. The molecule has 1 fully saturated rings. The number of nitrogens with one attached hydrogen (secondary N) is 1. The van der Waals surface area contributed by atoms with E-state index in [1.807, 2.05) is 18.2 Å². The molecule has 1 N–H and O–H groups in total. The summed E-state index contributed by atoms with van der Waals surface area (Å²) in [4.78, 5) is 11.5. The van der Waals surface area contributed by atoms with Crippen LogP contribution >= 0.6 is 0 Å². The molecule has 1 saturated heterocycles. The van der Waals surface area contributed by atoms with E-state index in [0.717, 1.165) is 30.0 Å². The van der Waals surface area contributed by atoms with E-state index in [0.29, 0.717) is 0 Å². The topological polar surface area (TPSA) is 47.6 Å². The maximum Gasteiger partial charge on any atom is 0.265 e. The lowest BCUT2D eigenvalue weighted by atomic mass is 9.88. The number of carbonyl (C=O) groups excluding carboxylic acids is 1. The number of amides is 1. The lowest BCUT2D eigenvalue weighted by Gasteiger charge is -2.39. The molecule has 0 spiro atoms. The Balaban J connectivity index is 1.96. The zero-order valence-corrected chi connectivity index (χ0v) is 9.95. The fourth-order valence-electron chi connectivity index (χ4n) is 2.17. The summed E-state index contributed by atoms with van der Waals surface area (Å²) in [5, 5.41) is 2.85. The van der Waals surface area contributed by atoms with Crippen LogP contribution in [0.15, 0.2) is 18.2 Å². The number of benzene rings is 1. The molecule has 2 aliphatic heterocycles.